The lowest BCUT2D eigenvalue weighted by molar-refractivity contribution is 0.122. The van der Waals surface area contributed by atoms with Gasteiger partial charge in [-0.15, -0.1) is 0 Å². The highest BCUT2D eigenvalue weighted by Gasteiger charge is 2.21. The maximum absolute atomic E-state index is 15.1. The van der Waals surface area contributed by atoms with E-state index < -0.39 is 11.6 Å². The van der Waals surface area contributed by atoms with Gasteiger partial charge in [0, 0.05) is 42.7 Å². The first-order valence-corrected chi connectivity index (χ1v) is 12.7. The topological polar surface area (TPSA) is 74.1 Å². The molecule has 1 aliphatic heterocycles. The molecule has 3 heterocycles. The van der Waals surface area contributed by atoms with Gasteiger partial charge in [0.25, 0.3) is 0 Å². The molecule has 6 nitrogen and oxygen atoms in total. The number of rotatable bonds is 4. The largest absolute Gasteiger partial charge is 0.378 e. The van der Waals surface area contributed by atoms with E-state index in [1.807, 2.05) is 38.1 Å². The lowest BCUT2D eigenvalue weighted by atomic mass is 10.0. The monoisotopic (exact) mass is 515 g/mol. The van der Waals surface area contributed by atoms with Crippen LogP contribution in [-0.4, -0.2) is 36.3 Å². The summed E-state index contributed by atoms with van der Waals surface area (Å²) in [7, 11) is 0. The summed E-state index contributed by atoms with van der Waals surface area (Å²) in [6.07, 6.45) is 2.90. The van der Waals surface area contributed by atoms with Crippen LogP contribution in [0.5, 0.6) is 0 Å². The smallest absolute Gasteiger partial charge is 0.137 e. The maximum atomic E-state index is 15.1. The summed E-state index contributed by atoms with van der Waals surface area (Å²) in [4.78, 5) is 11.1. The molecule has 0 aliphatic carbocycles. The van der Waals surface area contributed by atoms with E-state index in [1.165, 1.54) is 12.5 Å². The molecule has 0 unspecified atom stereocenters. The van der Waals surface area contributed by atoms with E-state index in [2.05, 4.69) is 40.1 Å². The van der Waals surface area contributed by atoms with Crippen molar-refractivity contribution in [3.05, 3.63) is 77.0 Å². The summed E-state index contributed by atoms with van der Waals surface area (Å²) in [6.45, 7) is 10.5. The minimum atomic E-state index is -0.703. The number of hydrogen-bond acceptors (Lipinski definition) is 6. The fraction of sp³-hybridized carbons (Fsp3) is 0.300. The van der Waals surface area contributed by atoms with Gasteiger partial charge in [0.1, 0.15) is 17.7 Å². The highest BCUT2D eigenvalue weighted by molar-refractivity contribution is 5.98. The van der Waals surface area contributed by atoms with E-state index in [9.17, 15) is 9.65 Å². The Hall–Kier alpha value is -4.09. The number of nitrogens with one attached hydrogen (secondary N) is 1. The number of benzene rings is 2. The molecule has 8 heteroatoms. The van der Waals surface area contributed by atoms with Crippen LogP contribution in [0.15, 0.2) is 48.7 Å². The third-order valence-corrected chi connectivity index (χ3v) is 6.23. The van der Waals surface area contributed by atoms with Crippen LogP contribution >= 0.6 is 0 Å². The lowest BCUT2D eigenvalue weighted by Crippen LogP contribution is -2.36. The first-order valence-electron chi connectivity index (χ1n) is 12.7. The molecule has 0 amide bonds. The molecule has 196 valence electrons. The van der Waals surface area contributed by atoms with E-state index in [4.69, 9.17) is 4.74 Å². The van der Waals surface area contributed by atoms with E-state index in [0.717, 1.165) is 23.0 Å². The Morgan fingerprint density at radius 2 is 1.82 bits per heavy atom. The van der Waals surface area contributed by atoms with Gasteiger partial charge in [-0.2, -0.15) is 5.26 Å². The zero-order chi connectivity index (χ0) is 27.2. The van der Waals surface area contributed by atoms with Crippen LogP contribution in [0.3, 0.4) is 0 Å². The number of morpholine rings is 1. The van der Waals surface area contributed by atoms with Crippen LogP contribution in [0.4, 0.5) is 25.8 Å². The van der Waals surface area contributed by atoms with Gasteiger partial charge in [-0.3, -0.25) is 4.98 Å². The first-order chi connectivity index (χ1) is 18.4. The zero-order valence-electron chi connectivity index (χ0n) is 22.1. The number of hydrogen-bond donors (Lipinski definition) is 1. The molecule has 38 heavy (non-hydrogen) atoms. The van der Waals surface area contributed by atoms with Crippen LogP contribution in [0.2, 0.25) is 0 Å². The van der Waals surface area contributed by atoms with Crippen molar-refractivity contribution < 1.29 is 13.5 Å². The van der Waals surface area contributed by atoms with Crippen LogP contribution in [0, 0.1) is 36.8 Å². The molecular formula is C30H31F2N5O. The van der Waals surface area contributed by atoms with E-state index in [-0.39, 0.29) is 10.9 Å². The van der Waals surface area contributed by atoms with Gasteiger partial charge in [-0.25, -0.2) is 13.8 Å². The summed E-state index contributed by atoms with van der Waals surface area (Å²) in [5, 5.41) is 13.3. The quantitative estimate of drug-likeness (QED) is 0.314. The molecule has 1 fully saturated rings. The molecule has 1 aliphatic rings. The average molecular weight is 516 g/mol. The molecule has 1 saturated heterocycles. The molecule has 2 aromatic carbocycles. The van der Waals surface area contributed by atoms with Crippen LogP contribution in [0.25, 0.3) is 22.3 Å². The number of halogens is 2. The van der Waals surface area contributed by atoms with Gasteiger partial charge in [0.15, 0.2) is 0 Å². The Morgan fingerprint density at radius 1 is 1.08 bits per heavy atom. The van der Waals surface area contributed by atoms with Gasteiger partial charge in [-0.05, 0) is 43.7 Å². The summed E-state index contributed by atoms with van der Waals surface area (Å²) >= 11 is 0. The number of fused-ring (bicyclic) bond motifs is 1. The summed E-state index contributed by atoms with van der Waals surface area (Å²) in [6, 6.07) is 13.5. The van der Waals surface area contributed by atoms with Crippen molar-refractivity contribution in [3.63, 3.8) is 0 Å². The van der Waals surface area contributed by atoms with Crippen molar-refractivity contribution in [2.45, 2.75) is 34.1 Å². The number of nitriles is 1. The molecule has 4 aromatic rings. The van der Waals surface area contributed by atoms with Crippen molar-refractivity contribution in [1.82, 2.24) is 9.97 Å². The predicted molar refractivity (Wildman–Crippen MR) is 148 cm³/mol. The third kappa shape index (κ3) is 5.58. The molecule has 1 N–H and O–H groups in total. The maximum Gasteiger partial charge on any atom is 0.137 e. The zero-order valence-corrected chi connectivity index (χ0v) is 22.1. The third-order valence-electron chi connectivity index (χ3n) is 6.23. The van der Waals surface area contributed by atoms with Crippen molar-refractivity contribution in [2.75, 3.05) is 36.5 Å². The molecule has 0 bridgehead atoms. The van der Waals surface area contributed by atoms with E-state index in [1.54, 1.807) is 12.3 Å². The van der Waals surface area contributed by atoms with Crippen LogP contribution in [0.1, 0.15) is 37.0 Å². The number of ether oxygens (including phenoxy) is 1. The number of nitrogens with zero attached hydrogens (tertiary/aromatic N) is 4. The fourth-order valence-corrected chi connectivity index (χ4v) is 4.44. The SMILES string of the molecule is CCC.Cc1cc(C#N)c(N2CCOCC2)cc1Nc1c(C)c(-c2ccccn2)nc2cc(F)cc(F)c12. The van der Waals surface area contributed by atoms with Crippen molar-refractivity contribution in [2.24, 2.45) is 0 Å². The second-order valence-electron chi connectivity index (χ2n) is 9.18. The lowest BCUT2D eigenvalue weighted by Gasteiger charge is -2.30. The Balaban J connectivity index is 0.00000107. The summed E-state index contributed by atoms with van der Waals surface area (Å²) in [5.74, 6) is -1.40. The molecule has 0 spiro atoms. The summed E-state index contributed by atoms with van der Waals surface area (Å²) < 4.78 is 34.7. The van der Waals surface area contributed by atoms with Crippen molar-refractivity contribution in [3.8, 4) is 17.5 Å². The molecule has 0 atom stereocenters. The van der Waals surface area contributed by atoms with Crippen molar-refractivity contribution >= 4 is 28.0 Å². The average Bonchev–Trinajstić information content (AvgIpc) is 2.92. The van der Waals surface area contributed by atoms with E-state index in [0.29, 0.717) is 54.5 Å². The van der Waals surface area contributed by atoms with Crippen LogP contribution in [-0.2, 0) is 4.74 Å². The summed E-state index contributed by atoms with van der Waals surface area (Å²) in [5.41, 5.74) is 5.38. The Morgan fingerprint density at radius 3 is 2.47 bits per heavy atom. The molecule has 0 radical (unpaired) electrons. The van der Waals surface area contributed by atoms with Gasteiger partial charge in [0.2, 0.25) is 0 Å². The van der Waals surface area contributed by atoms with Gasteiger partial charge in [-0.1, -0.05) is 26.3 Å². The number of aromatic nitrogens is 2. The van der Waals surface area contributed by atoms with E-state index >= 15 is 4.39 Å². The first kappa shape index (κ1) is 27.0. The highest BCUT2D eigenvalue weighted by atomic mass is 19.1. The number of aryl methyl sites for hydroxylation is 1. The number of pyridine rings is 2. The highest BCUT2D eigenvalue weighted by Crippen LogP contribution is 2.38. The number of anilines is 3. The van der Waals surface area contributed by atoms with Gasteiger partial charge < -0.3 is 15.0 Å². The van der Waals surface area contributed by atoms with Crippen LogP contribution < -0.4 is 10.2 Å². The molecular weight excluding hydrogens is 484 g/mol. The van der Waals surface area contributed by atoms with Crippen molar-refractivity contribution in [1.29, 1.82) is 5.26 Å². The van der Waals surface area contributed by atoms with Gasteiger partial charge >= 0.3 is 0 Å². The standard InChI is InChI=1S/C27H23F2N5O.C3H8/c1-16-11-18(15-30)24(34-7-9-35-10-8-34)14-22(16)32-27-17(2)26(21-5-3-4-6-31-21)33-23-13-19(28)12-20(29)25(23)27;1-3-2/h3-6,11-14H,7-10H2,1-2H3,(H,32,33);3H2,1-2H3. The minimum Gasteiger partial charge on any atom is -0.378 e. The Labute approximate surface area is 221 Å². The molecule has 5 rings (SSSR count). The predicted octanol–water partition coefficient (Wildman–Crippen LogP) is 7.06. The second kappa shape index (κ2) is 12.0. The minimum absolute atomic E-state index is 0.191. The molecule has 2 aromatic heterocycles. The van der Waals surface area contributed by atoms with Gasteiger partial charge in [0.05, 0.1) is 52.4 Å². The molecule has 0 saturated carbocycles. The fourth-order valence-electron chi connectivity index (χ4n) is 4.44. The Kier molecular flexibility index (Phi) is 8.49. The Bertz CT molecular complexity index is 1480. The normalized spacial score (nSPS) is 13.0. The second-order valence-corrected chi connectivity index (χ2v) is 9.18.